The largest absolute Gasteiger partial charge is 0.377 e. The summed E-state index contributed by atoms with van der Waals surface area (Å²) in [6.45, 7) is 0.704. The molecule has 1 aromatic carbocycles. The summed E-state index contributed by atoms with van der Waals surface area (Å²) in [5.74, 6) is 2.38. The van der Waals surface area contributed by atoms with E-state index in [0.29, 0.717) is 6.54 Å². The van der Waals surface area contributed by atoms with Crippen LogP contribution in [0.15, 0.2) is 28.7 Å². The Balaban J connectivity index is 2.08. The Labute approximate surface area is 109 Å². The Bertz CT molecular complexity index is 333. The summed E-state index contributed by atoms with van der Waals surface area (Å²) >= 11 is 5.44. The molecule has 3 N–H and O–H groups in total. The van der Waals surface area contributed by atoms with Crippen molar-refractivity contribution in [1.82, 2.24) is 0 Å². The van der Waals surface area contributed by atoms with Crippen molar-refractivity contribution in [3.8, 4) is 0 Å². The molecule has 0 saturated carbocycles. The van der Waals surface area contributed by atoms with Crippen LogP contribution >= 0.6 is 27.7 Å². The molecule has 1 saturated heterocycles. The third kappa shape index (κ3) is 2.93. The number of thioether (sulfide) groups is 1. The minimum Gasteiger partial charge on any atom is -0.377 e. The molecule has 88 valence electrons. The highest BCUT2D eigenvalue weighted by molar-refractivity contribution is 9.10. The van der Waals surface area contributed by atoms with Crippen molar-refractivity contribution < 1.29 is 0 Å². The van der Waals surface area contributed by atoms with Gasteiger partial charge in [0, 0.05) is 22.5 Å². The van der Waals surface area contributed by atoms with Gasteiger partial charge in [0.15, 0.2) is 0 Å². The quantitative estimate of drug-likeness (QED) is 0.901. The van der Waals surface area contributed by atoms with Gasteiger partial charge in [-0.1, -0.05) is 15.9 Å². The van der Waals surface area contributed by atoms with E-state index in [2.05, 4.69) is 45.5 Å². The molecule has 16 heavy (non-hydrogen) atoms. The number of halogens is 1. The summed E-state index contributed by atoms with van der Waals surface area (Å²) in [6.07, 6.45) is 2.43. The van der Waals surface area contributed by atoms with Crippen molar-refractivity contribution in [2.24, 2.45) is 5.73 Å². The second-order valence-electron chi connectivity index (χ2n) is 4.27. The van der Waals surface area contributed by atoms with E-state index in [9.17, 15) is 0 Å². The highest BCUT2D eigenvalue weighted by atomic mass is 79.9. The monoisotopic (exact) mass is 300 g/mol. The predicted molar refractivity (Wildman–Crippen MR) is 76.1 cm³/mol. The average Bonchev–Trinajstić information content (AvgIpc) is 2.33. The lowest BCUT2D eigenvalue weighted by Gasteiger charge is -2.37. The SMILES string of the molecule is NCC1(Nc2ccc(Br)cc2)CCCSC1. The Morgan fingerprint density at radius 3 is 2.69 bits per heavy atom. The Hall–Kier alpha value is -0.190. The van der Waals surface area contributed by atoms with Crippen LogP contribution in [0.1, 0.15) is 12.8 Å². The second-order valence-corrected chi connectivity index (χ2v) is 6.29. The summed E-state index contributed by atoms with van der Waals surface area (Å²) in [5.41, 5.74) is 7.19. The average molecular weight is 301 g/mol. The fourth-order valence-corrected chi connectivity index (χ4v) is 3.48. The van der Waals surface area contributed by atoms with Crippen LogP contribution in [-0.4, -0.2) is 23.6 Å². The fourth-order valence-electron chi connectivity index (χ4n) is 2.00. The van der Waals surface area contributed by atoms with Gasteiger partial charge in [0.25, 0.3) is 0 Å². The van der Waals surface area contributed by atoms with Crippen LogP contribution in [0.25, 0.3) is 0 Å². The number of nitrogens with two attached hydrogens (primary N) is 1. The Kier molecular flexibility index (Phi) is 4.16. The molecule has 2 nitrogen and oxygen atoms in total. The lowest BCUT2D eigenvalue weighted by atomic mass is 9.95. The minimum absolute atomic E-state index is 0.0940. The molecule has 0 aliphatic carbocycles. The summed E-state index contributed by atoms with van der Waals surface area (Å²) < 4.78 is 1.11. The molecule has 0 spiro atoms. The van der Waals surface area contributed by atoms with E-state index in [1.54, 1.807) is 0 Å². The molecular formula is C12H17BrN2S. The van der Waals surface area contributed by atoms with Gasteiger partial charge in [-0.15, -0.1) is 0 Å². The van der Waals surface area contributed by atoms with E-state index < -0.39 is 0 Å². The van der Waals surface area contributed by atoms with Crippen molar-refractivity contribution >= 4 is 33.4 Å². The number of hydrogen-bond acceptors (Lipinski definition) is 3. The standard InChI is InChI=1S/C12H17BrN2S/c13-10-2-4-11(5-3-10)15-12(8-14)6-1-7-16-9-12/h2-5,15H,1,6-9,14H2. The van der Waals surface area contributed by atoms with Crippen LogP contribution in [0.2, 0.25) is 0 Å². The molecule has 0 radical (unpaired) electrons. The molecule has 1 aliphatic rings. The zero-order valence-electron chi connectivity index (χ0n) is 9.21. The molecule has 0 aromatic heterocycles. The summed E-state index contributed by atoms with van der Waals surface area (Å²) in [4.78, 5) is 0. The molecule has 4 heteroatoms. The smallest absolute Gasteiger partial charge is 0.0586 e. The van der Waals surface area contributed by atoms with Crippen LogP contribution in [-0.2, 0) is 0 Å². The molecule has 1 heterocycles. The highest BCUT2D eigenvalue weighted by Gasteiger charge is 2.30. The van der Waals surface area contributed by atoms with Crippen LogP contribution in [0.3, 0.4) is 0 Å². The summed E-state index contributed by atoms with van der Waals surface area (Å²) in [6, 6.07) is 8.31. The summed E-state index contributed by atoms with van der Waals surface area (Å²) in [7, 11) is 0. The van der Waals surface area contributed by atoms with Crippen LogP contribution < -0.4 is 11.1 Å². The van der Waals surface area contributed by atoms with Crippen molar-refractivity contribution in [2.75, 3.05) is 23.4 Å². The molecular weight excluding hydrogens is 284 g/mol. The van der Waals surface area contributed by atoms with Gasteiger partial charge in [-0.3, -0.25) is 0 Å². The van der Waals surface area contributed by atoms with Crippen molar-refractivity contribution in [2.45, 2.75) is 18.4 Å². The predicted octanol–water partition coefficient (Wildman–Crippen LogP) is 3.09. The third-order valence-corrected chi connectivity index (χ3v) is 4.83. The van der Waals surface area contributed by atoms with E-state index in [-0.39, 0.29) is 5.54 Å². The second kappa shape index (κ2) is 5.43. The van der Waals surface area contributed by atoms with E-state index in [1.807, 2.05) is 11.8 Å². The normalized spacial score (nSPS) is 25.4. The van der Waals surface area contributed by atoms with E-state index in [0.717, 1.165) is 15.9 Å². The van der Waals surface area contributed by atoms with Gasteiger partial charge in [-0.25, -0.2) is 0 Å². The van der Waals surface area contributed by atoms with Crippen molar-refractivity contribution in [1.29, 1.82) is 0 Å². The molecule has 0 bridgehead atoms. The number of nitrogens with one attached hydrogen (secondary N) is 1. The van der Waals surface area contributed by atoms with Gasteiger partial charge in [0.05, 0.1) is 5.54 Å². The lowest BCUT2D eigenvalue weighted by Crippen LogP contribution is -2.49. The molecule has 2 rings (SSSR count). The maximum atomic E-state index is 5.93. The Morgan fingerprint density at radius 2 is 2.12 bits per heavy atom. The van der Waals surface area contributed by atoms with Gasteiger partial charge in [-0.05, 0) is 42.9 Å². The zero-order chi connectivity index (χ0) is 11.4. The third-order valence-electron chi connectivity index (χ3n) is 2.97. The molecule has 1 unspecified atom stereocenters. The van der Waals surface area contributed by atoms with E-state index >= 15 is 0 Å². The lowest BCUT2D eigenvalue weighted by molar-refractivity contribution is 0.476. The molecule has 1 aromatic rings. The van der Waals surface area contributed by atoms with E-state index in [4.69, 9.17) is 5.73 Å². The van der Waals surface area contributed by atoms with Crippen LogP contribution in [0.4, 0.5) is 5.69 Å². The Morgan fingerprint density at radius 1 is 1.38 bits per heavy atom. The number of benzene rings is 1. The first kappa shape index (κ1) is 12.3. The molecule has 1 fully saturated rings. The molecule has 0 amide bonds. The zero-order valence-corrected chi connectivity index (χ0v) is 11.6. The molecule has 1 aliphatic heterocycles. The van der Waals surface area contributed by atoms with Crippen LogP contribution in [0, 0.1) is 0 Å². The van der Waals surface area contributed by atoms with Crippen molar-refractivity contribution in [3.05, 3.63) is 28.7 Å². The number of anilines is 1. The fraction of sp³-hybridized carbons (Fsp3) is 0.500. The van der Waals surface area contributed by atoms with Gasteiger partial charge < -0.3 is 11.1 Å². The minimum atomic E-state index is 0.0940. The highest BCUT2D eigenvalue weighted by Crippen LogP contribution is 2.29. The number of hydrogen-bond donors (Lipinski definition) is 2. The number of rotatable bonds is 3. The van der Waals surface area contributed by atoms with E-state index in [1.165, 1.54) is 18.6 Å². The first-order valence-electron chi connectivity index (χ1n) is 5.56. The van der Waals surface area contributed by atoms with Gasteiger partial charge in [0.1, 0.15) is 0 Å². The van der Waals surface area contributed by atoms with Crippen molar-refractivity contribution in [3.63, 3.8) is 0 Å². The van der Waals surface area contributed by atoms with Gasteiger partial charge >= 0.3 is 0 Å². The van der Waals surface area contributed by atoms with Gasteiger partial charge in [0.2, 0.25) is 0 Å². The topological polar surface area (TPSA) is 38.0 Å². The first-order chi connectivity index (χ1) is 7.74. The van der Waals surface area contributed by atoms with Crippen LogP contribution in [0.5, 0.6) is 0 Å². The maximum absolute atomic E-state index is 5.93. The summed E-state index contributed by atoms with van der Waals surface area (Å²) in [5, 5.41) is 3.60. The molecule has 1 atom stereocenters. The van der Waals surface area contributed by atoms with Gasteiger partial charge in [-0.2, -0.15) is 11.8 Å². The maximum Gasteiger partial charge on any atom is 0.0586 e. The first-order valence-corrected chi connectivity index (χ1v) is 7.50.